The van der Waals surface area contributed by atoms with E-state index in [0.717, 1.165) is 6.26 Å². The van der Waals surface area contributed by atoms with Crippen LogP contribution in [0.4, 0.5) is 0 Å². The van der Waals surface area contributed by atoms with E-state index in [0.29, 0.717) is 18.7 Å². The largest absolute Gasteiger partial charge is 0.404 e. The third kappa shape index (κ3) is 3.38. The van der Waals surface area contributed by atoms with Crippen molar-refractivity contribution in [1.29, 1.82) is 0 Å². The first kappa shape index (κ1) is 17.4. The van der Waals surface area contributed by atoms with Crippen LogP contribution in [0.15, 0.2) is 34.4 Å². The van der Waals surface area contributed by atoms with Gasteiger partial charge in [-0.1, -0.05) is 16.8 Å². The molecule has 3 rings (SSSR count). The van der Waals surface area contributed by atoms with E-state index in [-0.39, 0.29) is 26.9 Å². The van der Waals surface area contributed by atoms with Crippen LogP contribution in [0.2, 0.25) is 5.02 Å². The number of carbonyl (C=O) groups excluding carboxylic acids is 1. The van der Waals surface area contributed by atoms with E-state index in [2.05, 4.69) is 10.3 Å². The molecule has 0 saturated carbocycles. The molecule has 1 aliphatic rings. The summed E-state index contributed by atoms with van der Waals surface area (Å²) >= 11 is 6.35. The first-order valence-electron chi connectivity index (χ1n) is 7.21. The molecule has 0 unspecified atom stereocenters. The fourth-order valence-electron chi connectivity index (χ4n) is 2.39. The highest BCUT2D eigenvalue weighted by molar-refractivity contribution is 7.90. The molecule has 0 bridgehead atoms. The number of ether oxygens (including phenoxy) is 1. The molecular formula is C15H14ClN3O5S. The molecule has 0 atom stereocenters. The monoisotopic (exact) mass is 383 g/mol. The molecule has 1 aromatic heterocycles. The molecule has 0 saturated heterocycles. The van der Waals surface area contributed by atoms with Crippen molar-refractivity contribution in [1.82, 2.24) is 9.78 Å². The molecule has 132 valence electrons. The molecule has 8 nitrogen and oxygen atoms in total. The summed E-state index contributed by atoms with van der Waals surface area (Å²) in [5.41, 5.74) is 0.571. The summed E-state index contributed by atoms with van der Waals surface area (Å²) < 4.78 is 30.8. The minimum Gasteiger partial charge on any atom is -0.404 e. The quantitative estimate of drug-likeness (QED) is 0.746. The number of aryl methyl sites for hydroxylation is 1. The van der Waals surface area contributed by atoms with Crippen LogP contribution in [0.3, 0.4) is 0 Å². The number of rotatable bonds is 4. The second kappa shape index (κ2) is 6.49. The summed E-state index contributed by atoms with van der Waals surface area (Å²) in [5.74, 6) is -0.495. The highest BCUT2D eigenvalue weighted by atomic mass is 35.5. The predicted octanol–water partition coefficient (Wildman–Crippen LogP) is 1.82. The Labute approximate surface area is 148 Å². The number of oxime groups is 1. The van der Waals surface area contributed by atoms with E-state index in [1.165, 1.54) is 29.1 Å². The number of benzene rings is 1. The maximum Gasteiger partial charge on any atom is 0.346 e. The second-order valence-electron chi connectivity index (χ2n) is 5.38. The van der Waals surface area contributed by atoms with Gasteiger partial charge < -0.3 is 9.57 Å². The van der Waals surface area contributed by atoms with Crippen LogP contribution in [0.5, 0.6) is 5.88 Å². The first-order valence-corrected chi connectivity index (χ1v) is 9.48. The Kier molecular flexibility index (Phi) is 4.53. The average molecular weight is 384 g/mol. The van der Waals surface area contributed by atoms with Crippen molar-refractivity contribution in [2.24, 2.45) is 12.2 Å². The zero-order chi connectivity index (χ0) is 18.2. The van der Waals surface area contributed by atoms with Crippen molar-refractivity contribution in [3.8, 4) is 5.88 Å². The van der Waals surface area contributed by atoms with Gasteiger partial charge in [-0.15, -0.1) is 0 Å². The fraction of sp³-hybridized carbons (Fsp3) is 0.267. The lowest BCUT2D eigenvalue weighted by Gasteiger charge is -2.13. The zero-order valence-corrected chi connectivity index (χ0v) is 15.0. The zero-order valence-electron chi connectivity index (χ0n) is 13.4. The van der Waals surface area contributed by atoms with E-state index < -0.39 is 15.8 Å². The minimum atomic E-state index is -3.58. The van der Waals surface area contributed by atoms with Crippen LogP contribution in [-0.4, -0.2) is 42.7 Å². The predicted molar refractivity (Wildman–Crippen MR) is 89.8 cm³/mol. The molecule has 2 aromatic rings. The van der Waals surface area contributed by atoms with Crippen molar-refractivity contribution in [3.05, 3.63) is 40.5 Å². The van der Waals surface area contributed by atoms with Gasteiger partial charge in [0.1, 0.15) is 6.61 Å². The summed E-state index contributed by atoms with van der Waals surface area (Å²) in [5, 5.41) is 7.69. The van der Waals surface area contributed by atoms with Crippen LogP contribution < -0.4 is 4.74 Å². The Balaban J connectivity index is 2.08. The second-order valence-corrected chi connectivity index (χ2v) is 7.74. The summed E-state index contributed by atoms with van der Waals surface area (Å²) in [4.78, 5) is 17.4. The number of hydrogen-bond donors (Lipinski definition) is 0. The first-order chi connectivity index (χ1) is 11.8. The SMILES string of the molecule is Cn1nccc1OC(=O)c1ccc(S(C)(=O)=O)c(C2=NOCC2)c1Cl. The van der Waals surface area contributed by atoms with Gasteiger partial charge in [0, 0.05) is 31.4 Å². The van der Waals surface area contributed by atoms with Gasteiger partial charge in [-0.05, 0) is 12.1 Å². The van der Waals surface area contributed by atoms with Gasteiger partial charge in [-0.25, -0.2) is 17.9 Å². The van der Waals surface area contributed by atoms with Crippen LogP contribution in [-0.2, 0) is 21.7 Å². The number of halogens is 1. The Hall–Kier alpha value is -2.39. The average Bonchev–Trinajstić information content (AvgIpc) is 3.18. The standard InChI is InChI=1S/C15H14ClN3O5S/c1-19-12(5-7-17-19)24-15(20)9-3-4-11(25(2,21)22)13(14(9)16)10-6-8-23-18-10/h3-5,7H,6,8H2,1-2H3. The van der Waals surface area contributed by atoms with Crippen LogP contribution in [0, 0.1) is 0 Å². The highest BCUT2D eigenvalue weighted by Crippen LogP contribution is 2.31. The third-order valence-electron chi connectivity index (χ3n) is 3.59. The van der Waals surface area contributed by atoms with Gasteiger partial charge in [0.05, 0.1) is 27.4 Å². The molecular weight excluding hydrogens is 370 g/mol. The van der Waals surface area contributed by atoms with Crippen molar-refractivity contribution in [2.75, 3.05) is 12.9 Å². The van der Waals surface area contributed by atoms with Crippen molar-refractivity contribution in [2.45, 2.75) is 11.3 Å². The van der Waals surface area contributed by atoms with Gasteiger partial charge >= 0.3 is 5.97 Å². The molecule has 0 spiro atoms. The van der Waals surface area contributed by atoms with Crippen LogP contribution in [0.25, 0.3) is 0 Å². The Morgan fingerprint density at radius 2 is 2.12 bits per heavy atom. The fourth-order valence-corrected chi connectivity index (χ4v) is 3.70. The van der Waals surface area contributed by atoms with Gasteiger partial charge in [0.15, 0.2) is 9.84 Å². The van der Waals surface area contributed by atoms with E-state index in [1.54, 1.807) is 7.05 Å². The number of nitrogens with zero attached hydrogens (tertiary/aromatic N) is 3. The van der Waals surface area contributed by atoms with Crippen molar-refractivity contribution in [3.63, 3.8) is 0 Å². The Morgan fingerprint density at radius 3 is 2.68 bits per heavy atom. The van der Waals surface area contributed by atoms with E-state index in [9.17, 15) is 13.2 Å². The number of esters is 1. The maximum absolute atomic E-state index is 12.4. The summed E-state index contributed by atoms with van der Waals surface area (Å²) in [6.07, 6.45) is 2.93. The van der Waals surface area contributed by atoms with Gasteiger partial charge in [-0.2, -0.15) is 5.10 Å². The van der Waals surface area contributed by atoms with Crippen molar-refractivity contribution < 1.29 is 22.8 Å². The molecule has 10 heteroatoms. The van der Waals surface area contributed by atoms with E-state index >= 15 is 0 Å². The molecule has 0 radical (unpaired) electrons. The lowest BCUT2D eigenvalue weighted by Crippen LogP contribution is -2.16. The smallest absolute Gasteiger partial charge is 0.346 e. The van der Waals surface area contributed by atoms with Gasteiger partial charge in [-0.3, -0.25) is 0 Å². The van der Waals surface area contributed by atoms with Crippen LogP contribution >= 0.6 is 11.6 Å². The molecule has 0 N–H and O–H groups in total. The third-order valence-corrected chi connectivity index (χ3v) is 5.12. The normalized spacial score (nSPS) is 14.1. The highest BCUT2D eigenvalue weighted by Gasteiger charge is 2.27. The molecule has 25 heavy (non-hydrogen) atoms. The number of sulfone groups is 1. The lowest BCUT2D eigenvalue weighted by atomic mass is 10.0. The van der Waals surface area contributed by atoms with Gasteiger partial charge in [0.2, 0.25) is 5.88 Å². The summed E-state index contributed by atoms with van der Waals surface area (Å²) in [6.45, 7) is 0.318. The van der Waals surface area contributed by atoms with E-state index in [4.69, 9.17) is 21.2 Å². The number of hydrogen-bond acceptors (Lipinski definition) is 7. The molecule has 0 fully saturated rings. The van der Waals surface area contributed by atoms with Crippen molar-refractivity contribution >= 4 is 33.1 Å². The Bertz CT molecular complexity index is 981. The van der Waals surface area contributed by atoms with Gasteiger partial charge in [0.25, 0.3) is 0 Å². The summed E-state index contributed by atoms with van der Waals surface area (Å²) in [6, 6.07) is 4.15. The number of aromatic nitrogens is 2. The molecule has 0 amide bonds. The molecule has 1 aliphatic heterocycles. The molecule has 0 aliphatic carbocycles. The maximum atomic E-state index is 12.4. The molecule has 2 heterocycles. The number of carbonyl (C=O) groups is 1. The molecule has 1 aromatic carbocycles. The Morgan fingerprint density at radius 1 is 1.36 bits per heavy atom. The topological polar surface area (TPSA) is 99.9 Å². The lowest BCUT2D eigenvalue weighted by molar-refractivity contribution is 0.0720. The minimum absolute atomic E-state index is 0.0150. The van der Waals surface area contributed by atoms with E-state index in [1.807, 2.05) is 0 Å². The van der Waals surface area contributed by atoms with Crippen LogP contribution in [0.1, 0.15) is 22.3 Å². The summed E-state index contributed by atoms with van der Waals surface area (Å²) in [7, 11) is -1.96.